The zero-order chi connectivity index (χ0) is 21.8. The molecule has 4 rings (SSSR count). The minimum atomic E-state index is -1.19. The molecule has 0 N–H and O–H groups in total. The predicted octanol–water partition coefficient (Wildman–Crippen LogP) is 5.30. The smallest absolute Gasteiger partial charge is 0.273 e. The van der Waals surface area contributed by atoms with E-state index in [0.29, 0.717) is 36.6 Å². The molecule has 0 amide bonds. The topological polar surface area (TPSA) is 69.4 Å². The van der Waals surface area contributed by atoms with Crippen molar-refractivity contribution in [1.29, 1.82) is 0 Å². The molecule has 0 aromatic heterocycles. The second-order valence-electron chi connectivity index (χ2n) is 11.0. The molecule has 0 saturated heterocycles. The lowest BCUT2D eigenvalue weighted by molar-refractivity contribution is -0.386. The normalized spacial score (nSPS) is 30.7. The van der Waals surface area contributed by atoms with Crippen LogP contribution in [-0.4, -0.2) is 26.4 Å². The molecule has 2 saturated carbocycles. The van der Waals surface area contributed by atoms with Crippen molar-refractivity contribution in [3.63, 3.8) is 0 Å². The van der Waals surface area contributed by atoms with Gasteiger partial charge in [-0.2, -0.15) is 0 Å². The van der Waals surface area contributed by atoms with Crippen LogP contribution < -0.4 is 0 Å². The van der Waals surface area contributed by atoms with Gasteiger partial charge in [-0.1, -0.05) is 20.8 Å². The number of nitro groups is 1. The van der Waals surface area contributed by atoms with Gasteiger partial charge < -0.3 is 4.43 Å². The molecule has 164 valence electrons. The van der Waals surface area contributed by atoms with Crippen LogP contribution in [0.25, 0.3) is 0 Å². The standard InChI is InChI=1S/C24H35NO4Si/c1-23(2,3)20-12-15-6-7-17-16(18(15)13-21(20)25(27)28)10-11-24(14-29-30(4)5)19(17)8-9-22(24)26/h12-13,16-17,19,30H,6-11,14H2,1-5H3/t16-,17+,19-,24+/m0/s1. The van der Waals surface area contributed by atoms with E-state index in [1.165, 1.54) is 11.1 Å². The highest BCUT2D eigenvalue weighted by atomic mass is 28.3. The molecule has 3 aliphatic rings. The van der Waals surface area contributed by atoms with Crippen molar-refractivity contribution in [2.45, 2.75) is 83.7 Å². The number of carbonyl (C=O) groups excluding carboxylic acids is 1. The Bertz CT molecular complexity index is 875. The molecule has 0 aliphatic heterocycles. The van der Waals surface area contributed by atoms with Crippen LogP contribution in [0.3, 0.4) is 0 Å². The fraction of sp³-hybridized carbons (Fsp3) is 0.708. The third kappa shape index (κ3) is 3.46. The third-order valence-electron chi connectivity index (χ3n) is 7.97. The molecule has 1 aromatic rings. The Morgan fingerprint density at radius 1 is 1.20 bits per heavy atom. The summed E-state index contributed by atoms with van der Waals surface area (Å²) in [6.45, 7) is 11.1. The van der Waals surface area contributed by atoms with E-state index in [-0.39, 0.29) is 21.4 Å². The van der Waals surface area contributed by atoms with Crippen LogP contribution in [0.4, 0.5) is 5.69 Å². The lowest BCUT2D eigenvalue weighted by Crippen LogP contribution is -2.47. The zero-order valence-electron chi connectivity index (χ0n) is 19.0. The number of hydrogen-bond acceptors (Lipinski definition) is 4. The van der Waals surface area contributed by atoms with E-state index in [4.69, 9.17) is 4.43 Å². The van der Waals surface area contributed by atoms with E-state index >= 15 is 0 Å². The Kier molecular flexibility index (Phi) is 5.46. The van der Waals surface area contributed by atoms with Gasteiger partial charge in [0.05, 0.1) is 10.3 Å². The molecule has 0 radical (unpaired) electrons. The molecule has 3 aliphatic carbocycles. The third-order valence-corrected chi connectivity index (χ3v) is 8.80. The molecule has 0 bridgehead atoms. The first-order valence-electron chi connectivity index (χ1n) is 11.5. The summed E-state index contributed by atoms with van der Waals surface area (Å²) >= 11 is 0. The lowest BCUT2D eigenvalue weighted by Gasteiger charge is -2.49. The molecule has 2 fully saturated rings. The number of nitrogens with zero attached hydrogens (tertiary/aromatic N) is 1. The number of ketones is 1. The highest BCUT2D eigenvalue weighted by Gasteiger charge is 2.57. The highest BCUT2D eigenvalue weighted by Crippen LogP contribution is 2.60. The Labute approximate surface area is 181 Å². The Morgan fingerprint density at radius 2 is 1.93 bits per heavy atom. The minimum Gasteiger partial charge on any atom is -0.420 e. The maximum atomic E-state index is 13.0. The summed E-state index contributed by atoms with van der Waals surface area (Å²) in [6, 6.07) is 3.99. The molecular formula is C24H35NO4Si. The van der Waals surface area contributed by atoms with Crippen molar-refractivity contribution in [3.05, 3.63) is 38.9 Å². The number of benzene rings is 1. The Hall–Kier alpha value is -1.53. The molecule has 1 aromatic carbocycles. The van der Waals surface area contributed by atoms with Crippen molar-refractivity contribution < 1.29 is 14.1 Å². The summed E-state index contributed by atoms with van der Waals surface area (Å²) in [7, 11) is -1.19. The molecule has 0 heterocycles. The van der Waals surface area contributed by atoms with Crippen LogP contribution in [0.5, 0.6) is 0 Å². The number of aryl methyl sites for hydroxylation is 1. The van der Waals surface area contributed by atoms with Crippen molar-refractivity contribution in [2.24, 2.45) is 17.3 Å². The molecule has 4 atom stereocenters. The number of carbonyl (C=O) groups is 1. The minimum absolute atomic E-state index is 0.211. The number of Topliss-reactive ketones (excluding diaryl/α,β-unsaturated/α-hetero) is 1. The summed E-state index contributed by atoms with van der Waals surface area (Å²) < 4.78 is 6.14. The zero-order valence-corrected chi connectivity index (χ0v) is 20.1. The van der Waals surface area contributed by atoms with Gasteiger partial charge in [0, 0.05) is 24.7 Å². The highest BCUT2D eigenvalue weighted by molar-refractivity contribution is 6.48. The van der Waals surface area contributed by atoms with Crippen LogP contribution in [0, 0.1) is 27.4 Å². The van der Waals surface area contributed by atoms with Crippen molar-refractivity contribution >= 4 is 20.5 Å². The molecular weight excluding hydrogens is 394 g/mol. The lowest BCUT2D eigenvalue weighted by atomic mass is 9.55. The number of hydrogen-bond donors (Lipinski definition) is 0. The summed E-state index contributed by atoms with van der Waals surface area (Å²) in [5, 5.41) is 11.9. The second-order valence-corrected chi connectivity index (χ2v) is 13.4. The Balaban J connectivity index is 1.71. The summed E-state index contributed by atoms with van der Waals surface area (Å²) in [4.78, 5) is 24.7. The maximum absolute atomic E-state index is 13.0. The maximum Gasteiger partial charge on any atom is 0.273 e. The van der Waals surface area contributed by atoms with E-state index in [1.807, 2.05) is 26.8 Å². The van der Waals surface area contributed by atoms with Crippen LogP contribution in [-0.2, 0) is 21.1 Å². The van der Waals surface area contributed by atoms with Crippen molar-refractivity contribution in [3.8, 4) is 0 Å². The monoisotopic (exact) mass is 429 g/mol. The first-order valence-corrected chi connectivity index (χ1v) is 14.3. The van der Waals surface area contributed by atoms with Crippen molar-refractivity contribution in [2.75, 3.05) is 6.61 Å². The van der Waals surface area contributed by atoms with Gasteiger partial charge in [-0.15, -0.1) is 0 Å². The summed E-state index contributed by atoms with van der Waals surface area (Å²) in [5.41, 5.74) is 3.00. The van der Waals surface area contributed by atoms with Gasteiger partial charge in [0.1, 0.15) is 5.78 Å². The number of fused-ring (bicyclic) bond motifs is 5. The van der Waals surface area contributed by atoms with Gasteiger partial charge in [0.2, 0.25) is 0 Å². The van der Waals surface area contributed by atoms with Crippen molar-refractivity contribution in [1.82, 2.24) is 0 Å². The van der Waals surface area contributed by atoms with Gasteiger partial charge in [-0.25, -0.2) is 0 Å². The molecule has 6 heteroatoms. The van der Waals surface area contributed by atoms with E-state index in [0.717, 1.165) is 37.7 Å². The molecule has 0 unspecified atom stereocenters. The predicted molar refractivity (Wildman–Crippen MR) is 121 cm³/mol. The molecule has 0 spiro atoms. The summed E-state index contributed by atoms with van der Waals surface area (Å²) in [6.07, 6.45) is 5.48. The van der Waals surface area contributed by atoms with E-state index < -0.39 is 9.04 Å². The van der Waals surface area contributed by atoms with E-state index in [9.17, 15) is 14.9 Å². The SMILES string of the molecule is C[SiH](C)OC[C@]12CC[C@@H]3c4cc([N+](=O)[O-])c(C(C)(C)C)cc4CC[C@H]3[C@@H]1CCC2=O. The van der Waals surface area contributed by atoms with Crippen LogP contribution in [0.2, 0.25) is 13.1 Å². The second kappa shape index (κ2) is 7.55. The summed E-state index contributed by atoms with van der Waals surface area (Å²) in [5.74, 6) is 1.54. The average molecular weight is 430 g/mol. The Morgan fingerprint density at radius 3 is 2.57 bits per heavy atom. The molecule has 5 nitrogen and oxygen atoms in total. The van der Waals surface area contributed by atoms with Gasteiger partial charge in [-0.3, -0.25) is 14.9 Å². The van der Waals surface area contributed by atoms with E-state index in [2.05, 4.69) is 19.2 Å². The first-order chi connectivity index (χ1) is 14.0. The average Bonchev–Trinajstić information content (AvgIpc) is 3.01. The number of nitro benzene ring substituents is 1. The number of rotatable bonds is 4. The van der Waals surface area contributed by atoms with Crippen LogP contribution in [0.1, 0.15) is 75.5 Å². The van der Waals surface area contributed by atoms with E-state index in [1.54, 1.807) is 0 Å². The van der Waals surface area contributed by atoms with Gasteiger partial charge in [0.25, 0.3) is 5.69 Å². The quantitative estimate of drug-likeness (QED) is 0.370. The first kappa shape index (κ1) is 21.7. The van der Waals surface area contributed by atoms with Crippen LogP contribution >= 0.6 is 0 Å². The van der Waals surface area contributed by atoms with Crippen LogP contribution in [0.15, 0.2) is 12.1 Å². The van der Waals surface area contributed by atoms with Gasteiger partial charge >= 0.3 is 0 Å². The molecule has 30 heavy (non-hydrogen) atoms. The van der Waals surface area contributed by atoms with Gasteiger partial charge in [0.15, 0.2) is 9.04 Å². The largest absolute Gasteiger partial charge is 0.420 e. The fourth-order valence-corrected chi connectivity index (χ4v) is 7.15. The fourth-order valence-electron chi connectivity index (χ4n) is 6.52. The van der Waals surface area contributed by atoms with Gasteiger partial charge in [-0.05, 0) is 85.6 Å².